The lowest BCUT2D eigenvalue weighted by Gasteiger charge is -2.00. The Labute approximate surface area is 99.2 Å². The van der Waals surface area contributed by atoms with Crippen LogP contribution in [0.4, 0.5) is 0 Å². The van der Waals surface area contributed by atoms with E-state index in [4.69, 9.17) is 0 Å². The summed E-state index contributed by atoms with van der Waals surface area (Å²) in [7, 11) is 0. The first-order valence-corrected chi connectivity index (χ1v) is 7.06. The topological polar surface area (TPSA) is 24.7 Å². The second-order valence-corrected chi connectivity index (χ2v) is 5.16. The molecule has 0 aromatic rings. The molecule has 2 aliphatic rings. The number of nitrogens with zero attached hydrogens (tertiary/aromatic N) is 2. The molecule has 2 saturated carbocycles. The highest BCUT2D eigenvalue weighted by molar-refractivity contribution is 5.88. The van der Waals surface area contributed by atoms with Crippen molar-refractivity contribution in [3.05, 3.63) is 0 Å². The minimum atomic E-state index is 1.19. The molecule has 0 amide bonds. The molecule has 0 aromatic carbocycles. The summed E-state index contributed by atoms with van der Waals surface area (Å²) in [5, 5.41) is 9.03. The Hall–Kier alpha value is -0.660. The van der Waals surface area contributed by atoms with E-state index in [1.54, 1.807) is 0 Å². The van der Waals surface area contributed by atoms with Gasteiger partial charge in [0, 0.05) is 11.4 Å². The van der Waals surface area contributed by atoms with Gasteiger partial charge < -0.3 is 0 Å². The van der Waals surface area contributed by atoms with Crippen molar-refractivity contribution in [2.75, 3.05) is 0 Å². The van der Waals surface area contributed by atoms with Gasteiger partial charge in [-0.25, -0.2) is 0 Å². The molecular formula is C14H24N2. The largest absolute Gasteiger partial charge is 0.160 e. The van der Waals surface area contributed by atoms with Crippen LogP contribution in [0.1, 0.15) is 77.0 Å². The minimum absolute atomic E-state index is 1.19. The zero-order valence-corrected chi connectivity index (χ0v) is 10.4. The molecule has 0 heterocycles. The average molecular weight is 220 g/mol. The van der Waals surface area contributed by atoms with Crippen molar-refractivity contribution >= 4 is 11.4 Å². The lowest BCUT2D eigenvalue weighted by molar-refractivity contribution is 0.702. The second-order valence-electron chi connectivity index (χ2n) is 5.16. The summed E-state index contributed by atoms with van der Waals surface area (Å²) >= 11 is 0. The van der Waals surface area contributed by atoms with Gasteiger partial charge >= 0.3 is 0 Å². The fraction of sp³-hybridized carbons (Fsp3) is 0.857. The second kappa shape index (κ2) is 6.82. The van der Waals surface area contributed by atoms with Crippen LogP contribution in [-0.4, -0.2) is 11.4 Å². The first kappa shape index (κ1) is 11.8. The van der Waals surface area contributed by atoms with Gasteiger partial charge in [0.15, 0.2) is 0 Å². The first-order valence-electron chi connectivity index (χ1n) is 7.06. The summed E-state index contributed by atoms with van der Waals surface area (Å²) < 4.78 is 0. The normalized spacial score (nSPS) is 23.5. The van der Waals surface area contributed by atoms with E-state index >= 15 is 0 Å². The van der Waals surface area contributed by atoms with E-state index in [0.29, 0.717) is 0 Å². The Bertz CT molecular complexity index is 218. The van der Waals surface area contributed by atoms with E-state index in [2.05, 4.69) is 10.2 Å². The van der Waals surface area contributed by atoms with Crippen molar-refractivity contribution in [3.63, 3.8) is 0 Å². The van der Waals surface area contributed by atoms with Crippen molar-refractivity contribution in [2.24, 2.45) is 10.2 Å². The fourth-order valence-electron chi connectivity index (χ4n) is 2.61. The molecule has 2 aliphatic carbocycles. The molecule has 0 atom stereocenters. The molecule has 0 unspecified atom stereocenters. The number of hydrogen-bond acceptors (Lipinski definition) is 2. The molecule has 16 heavy (non-hydrogen) atoms. The molecule has 90 valence electrons. The molecule has 0 aromatic heterocycles. The predicted octanol–water partition coefficient (Wildman–Crippen LogP) is 4.49. The van der Waals surface area contributed by atoms with Crippen molar-refractivity contribution in [1.29, 1.82) is 0 Å². The Kier molecular flexibility index (Phi) is 5.04. The zero-order chi connectivity index (χ0) is 11.1. The van der Waals surface area contributed by atoms with Gasteiger partial charge in [-0.1, -0.05) is 25.7 Å². The van der Waals surface area contributed by atoms with Crippen LogP contribution in [0.25, 0.3) is 0 Å². The van der Waals surface area contributed by atoms with E-state index in [-0.39, 0.29) is 0 Å². The molecule has 2 fully saturated rings. The molecule has 2 heteroatoms. The van der Waals surface area contributed by atoms with Gasteiger partial charge in [0.05, 0.1) is 0 Å². The maximum atomic E-state index is 4.51. The van der Waals surface area contributed by atoms with Crippen LogP contribution in [-0.2, 0) is 0 Å². The van der Waals surface area contributed by atoms with Crippen molar-refractivity contribution in [3.8, 4) is 0 Å². The van der Waals surface area contributed by atoms with Crippen molar-refractivity contribution in [2.45, 2.75) is 77.0 Å². The zero-order valence-electron chi connectivity index (χ0n) is 10.4. The molecule has 0 radical (unpaired) electrons. The Morgan fingerprint density at radius 1 is 0.438 bits per heavy atom. The molecule has 0 spiro atoms. The standard InChI is InChI=1S/C14H24N2/c1-2-6-10-13(9-5-1)15-16-14-11-7-3-4-8-12-14/h1-12H2. The van der Waals surface area contributed by atoms with Crippen LogP contribution in [0.15, 0.2) is 10.2 Å². The third-order valence-electron chi connectivity index (χ3n) is 3.69. The van der Waals surface area contributed by atoms with E-state index in [1.807, 2.05) is 0 Å². The molecule has 0 aliphatic heterocycles. The van der Waals surface area contributed by atoms with Gasteiger partial charge in [0.25, 0.3) is 0 Å². The van der Waals surface area contributed by atoms with Crippen molar-refractivity contribution < 1.29 is 0 Å². The minimum Gasteiger partial charge on any atom is -0.160 e. The van der Waals surface area contributed by atoms with Gasteiger partial charge in [-0.15, -0.1) is 0 Å². The van der Waals surface area contributed by atoms with Crippen LogP contribution in [0.3, 0.4) is 0 Å². The highest BCUT2D eigenvalue weighted by atomic mass is 15.2. The summed E-state index contributed by atoms with van der Waals surface area (Å²) in [6, 6.07) is 0. The summed E-state index contributed by atoms with van der Waals surface area (Å²) in [5.41, 5.74) is 2.71. The molecular weight excluding hydrogens is 196 g/mol. The third-order valence-corrected chi connectivity index (χ3v) is 3.69. The lowest BCUT2D eigenvalue weighted by Crippen LogP contribution is -1.98. The van der Waals surface area contributed by atoms with Gasteiger partial charge in [-0.2, -0.15) is 10.2 Å². The van der Waals surface area contributed by atoms with Crippen LogP contribution in [0.2, 0.25) is 0 Å². The predicted molar refractivity (Wildman–Crippen MR) is 70.3 cm³/mol. The van der Waals surface area contributed by atoms with Gasteiger partial charge in [0.1, 0.15) is 0 Å². The van der Waals surface area contributed by atoms with Gasteiger partial charge in [-0.3, -0.25) is 0 Å². The Morgan fingerprint density at radius 3 is 1.06 bits per heavy atom. The summed E-state index contributed by atoms with van der Waals surface area (Å²) in [5.74, 6) is 0. The van der Waals surface area contributed by atoms with E-state index < -0.39 is 0 Å². The Morgan fingerprint density at radius 2 is 0.750 bits per heavy atom. The molecule has 2 rings (SSSR count). The van der Waals surface area contributed by atoms with Crippen LogP contribution >= 0.6 is 0 Å². The molecule has 0 saturated heterocycles. The molecule has 0 N–H and O–H groups in total. The van der Waals surface area contributed by atoms with Gasteiger partial charge in [-0.05, 0) is 51.4 Å². The first-order chi connectivity index (χ1) is 7.95. The maximum Gasteiger partial charge on any atom is 0.0405 e. The molecule has 0 bridgehead atoms. The SMILES string of the molecule is C1CCCC(=NN=C2CCCCCC2)CC1. The third kappa shape index (κ3) is 4.07. The van der Waals surface area contributed by atoms with E-state index in [9.17, 15) is 0 Å². The summed E-state index contributed by atoms with van der Waals surface area (Å²) in [6.45, 7) is 0. The summed E-state index contributed by atoms with van der Waals surface area (Å²) in [6.07, 6.45) is 15.6. The maximum absolute atomic E-state index is 4.51. The lowest BCUT2D eigenvalue weighted by atomic mass is 10.2. The van der Waals surface area contributed by atoms with Gasteiger partial charge in [0.2, 0.25) is 0 Å². The van der Waals surface area contributed by atoms with E-state index in [0.717, 1.165) is 0 Å². The quantitative estimate of drug-likeness (QED) is 0.459. The highest BCUT2D eigenvalue weighted by Gasteiger charge is 2.07. The van der Waals surface area contributed by atoms with Crippen LogP contribution in [0.5, 0.6) is 0 Å². The highest BCUT2D eigenvalue weighted by Crippen LogP contribution is 2.17. The average Bonchev–Trinajstić information content (AvgIpc) is 2.71. The van der Waals surface area contributed by atoms with Crippen LogP contribution in [0, 0.1) is 0 Å². The molecule has 2 nitrogen and oxygen atoms in total. The summed E-state index contributed by atoms with van der Waals surface area (Å²) in [4.78, 5) is 0. The fourth-order valence-corrected chi connectivity index (χ4v) is 2.61. The smallest absolute Gasteiger partial charge is 0.0405 e. The Balaban J connectivity index is 1.90. The van der Waals surface area contributed by atoms with Crippen molar-refractivity contribution in [1.82, 2.24) is 0 Å². The van der Waals surface area contributed by atoms with Crippen LogP contribution < -0.4 is 0 Å². The number of rotatable bonds is 1. The number of hydrogen-bond donors (Lipinski definition) is 0. The van der Waals surface area contributed by atoms with E-state index in [1.165, 1.54) is 88.5 Å². The monoisotopic (exact) mass is 220 g/mol.